The van der Waals surface area contributed by atoms with Crippen molar-refractivity contribution < 1.29 is 14.2 Å². The first-order valence-corrected chi connectivity index (χ1v) is 6.33. The van der Waals surface area contributed by atoms with Crippen molar-refractivity contribution in [2.45, 2.75) is 12.1 Å². The number of hydrogen-bond donors (Lipinski definition) is 1. The zero-order chi connectivity index (χ0) is 13.0. The van der Waals surface area contributed by atoms with E-state index in [0.717, 1.165) is 16.8 Å². The molecule has 0 saturated carbocycles. The summed E-state index contributed by atoms with van der Waals surface area (Å²) in [6, 6.07) is 4.78. The van der Waals surface area contributed by atoms with Crippen LogP contribution in [0.3, 0.4) is 0 Å². The molecule has 1 aromatic heterocycles. The van der Waals surface area contributed by atoms with Crippen molar-refractivity contribution >= 4 is 0 Å². The number of halogens is 1. The molecular formula is C14H13FN2O2. The quantitative estimate of drug-likeness (QED) is 0.847. The molecule has 1 aromatic carbocycles. The molecule has 2 aromatic rings. The Morgan fingerprint density at radius 2 is 2.26 bits per heavy atom. The Morgan fingerprint density at radius 3 is 3.05 bits per heavy atom. The van der Waals surface area contributed by atoms with Crippen LogP contribution in [0, 0.1) is 11.7 Å². The topological polar surface area (TPSA) is 47.3 Å². The van der Waals surface area contributed by atoms with Crippen molar-refractivity contribution in [1.29, 1.82) is 0 Å². The lowest BCUT2D eigenvalue weighted by atomic mass is 9.90. The van der Waals surface area contributed by atoms with E-state index in [1.807, 2.05) is 4.57 Å². The minimum Gasteiger partial charge on any atom is -0.390 e. The molecule has 0 spiro atoms. The Morgan fingerprint density at radius 1 is 1.37 bits per heavy atom. The number of imidazole rings is 1. The van der Waals surface area contributed by atoms with Crippen molar-refractivity contribution in [1.82, 2.24) is 9.55 Å². The molecule has 98 valence electrons. The zero-order valence-electron chi connectivity index (χ0n) is 10.2. The van der Waals surface area contributed by atoms with Crippen LogP contribution in [0.4, 0.5) is 4.39 Å². The van der Waals surface area contributed by atoms with Crippen LogP contribution in [0.25, 0.3) is 11.3 Å². The van der Waals surface area contributed by atoms with E-state index < -0.39 is 6.10 Å². The highest BCUT2D eigenvalue weighted by Crippen LogP contribution is 2.45. The van der Waals surface area contributed by atoms with Crippen molar-refractivity contribution in [3.05, 3.63) is 42.1 Å². The fourth-order valence-corrected chi connectivity index (χ4v) is 3.19. The van der Waals surface area contributed by atoms with Crippen molar-refractivity contribution in [3.63, 3.8) is 0 Å². The minimum atomic E-state index is -0.490. The molecule has 0 amide bonds. The summed E-state index contributed by atoms with van der Waals surface area (Å²) < 4.78 is 20.8. The average molecular weight is 260 g/mol. The minimum absolute atomic E-state index is 0.0142. The van der Waals surface area contributed by atoms with E-state index in [9.17, 15) is 9.50 Å². The monoisotopic (exact) mass is 260 g/mol. The molecule has 0 radical (unpaired) electrons. The third-order valence-corrected chi connectivity index (χ3v) is 4.07. The van der Waals surface area contributed by atoms with Gasteiger partial charge in [0.1, 0.15) is 5.82 Å². The first-order chi connectivity index (χ1) is 9.25. The standard InChI is InChI=1S/C14H13FN2O2/c15-8-1-2-9-10(3-8)12-4-16-7-17(12)14(9)11-5-19-6-13(11)18/h1-4,7,11,13-14,18H,5-6H2/t11-,13-,14?/m1/s1. The Bertz CT molecular complexity index is 640. The second-order valence-corrected chi connectivity index (χ2v) is 5.13. The SMILES string of the molecule is O[C@@H]1COC[C@H]1C1c2ccc(F)cc2-c2cncn21. The lowest BCUT2D eigenvalue weighted by Gasteiger charge is -2.23. The lowest BCUT2D eigenvalue weighted by molar-refractivity contribution is 0.111. The van der Waals surface area contributed by atoms with Gasteiger partial charge in [0, 0.05) is 11.5 Å². The average Bonchev–Trinajstić information content (AvgIpc) is 3.05. The summed E-state index contributed by atoms with van der Waals surface area (Å²) in [4.78, 5) is 4.14. The molecular weight excluding hydrogens is 247 g/mol. The maximum absolute atomic E-state index is 13.4. The fraction of sp³-hybridized carbons (Fsp3) is 0.357. The Balaban J connectivity index is 1.89. The van der Waals surface area contributed by atoms with E-state index in [-0.39, 0.29) is 17.8 Å². The van der Waals surface area contributed by atoms with Crippen LogP contribution in [0.1, 0.15) is 11.6 Å². The van der Waals surface area contributed by atoms with E-state index in [2.05, 4.69) is 4.98 Å². The van der Waals surface area contributed by atoms with Gasteiger partial charge >= 0.3 is 0 Å². The maximum atomic E-state index is 13.4. The van der Waals surface area contributed by atoms with E-state index in [4.69, 9.17) is 4.74 Å². The highest BCUT2D eigenvalue weighted by Gasteiger charge is 2.40. The molecule has 4 nitrogen and oxygen atoms in total. The van der Waals surface area contributed by atoms with Crippen LogP contribution in [-0.4, -0.2) is 34.0 Å². The van der Waals surface area contributed by atoms with Gasteiger partial charge in [0.05, 0.1) is 43.6 Å². The number of aliphatic hydroxyl groups excluding tert-OH is 1. The lowest BCUT2D eigenvalue weighted by Crippen LogP contribution is -2.27. The van der Waals surface area contributed by atoms with Gasteiger partial charge in [-0.3, -0.25) is 0 Å². The number of aromatic nitrogens is 2. The number of aliphatic hydroxyl groups is 1. The van der Waals surface area contributed by atoms with Gasteiger partial charge in [0.15, 0.2) is 0 Å². The second kappa shape index (κ2) is 3.88. The number of rotatable bonds is 1. The number of benzene rings is 1. The molecule has 1 saturated heterocycles. The summed E-state index contributed by atoms with van der Waals surface area (Å²) >= 11 is 0. The second-order valence-electron chi connectivity index (χ2n) is 5.13. The van der Waals surface area contributed by atoms with Crippen LogP contribution in [0.15, 0.2) is 30.7 Å². The summed E-state index contributed by atoms with van der Waals surface area (Å²) in [5, 5.41) is 10.1. The maximum Gasteiger partial charge on any atom is 0.123 e. The molecule has 5 heteroatoms. The fourth-order valence-electron chi connectivity index (χ4n) is 3.19. The van der Waals surface area contributed by atoms with Gasteiger partial charge in [0.2, 0.25) is 0 Å². The van der Waals surface area contributed by atoms with Gasteiger partial charge in [-0.2, -0.15) is 0 Å². The van der Waals surface area contributed by atoms with Gasteiger partial charge < -0.3 is 14.4 Å². The molecule has 2 aliphatic rings. The number of fused-ring (bicyclic) bond motifs is 3. The summed E-state index contributed by atoms with van der Waals surface area (Å²) in [5.74, 6) is -0.268. The molecule has 1 N–H and O–H groups in total. The van der Waals surface area contributed by atoms with Crippen molar-refractivity contribution in [2.24, 2.45) is 5.92 Å². The van der Waals surface area contributed by atoms with E-state index in [1.54, 1.807) is 18.6 Å². The molecule has 4 rings (SSSR count). The van der Waals surface area contributed by atoms with Gasteiger partial charge in [-0.25, -0.2) is 9.37 Å². The highest BCUT2D eigenvalue weighted by molar-refractivity contribution is 5.69. The number of hydrogen-bond acceptors (Lipinski definition) is 3. The highest BCUT2D eigenvalue weighted by atomic mass is 19.1. The third-order valence-electron chi connectivity index (χ3n) is 4.07. The predicted molar refractivity (Wildman–Crippen MR) is 66.1 cm³/mol. The molecule has 3 atom stereocenters. The molecule has 0 aliphatic carbocycles. The summed E-state index contributed by atoms with van der Waals surface area (Å²) in [7, 11) is 0. The number of nitrogens with zero attached hydrogens (tertiary/aromatic N) is 2. The van der Waals surface area contributed by atoms with E-state index in [0.29, 0.717) is 13.2 Å². The van der Waals surface area contributed by atoms with Crippen LogP contribution in [-0.2, 0) is 4.74 Å². The van der Waals surface area contributed by atoms with Crippen molar-refractivity contribution in [2.75, 3.05) is 13.2 Å². The summed E-state index contributed by atoms with van der Waals surface area (Å²) in [5.41, 5.74) is 2.80. The van der Waals surface area contributed by atoms with Gasteiger partial charge in [-0.1, -0.05) is 6.07 Å². The van der Waals surface area contributed by atoms with E-state index in [1.165, 1.54) is 12.1 Å². The van der Waals surface area contributed by atoms with Crippen molar-refractivity contribution in [3.8, 4) is 11.3 Å². The van der Waals surface area contributed by atoms with Gasteiger partial charge in [0.25, 0.3) is 0 Å². The normalized spacial score (nSPS) is 28.4. The molecule has 2 aliphatic heterocycles. The zero-order valence-corrected chi connectivity index (χ0v) is 10.2. The molecule has 19 heavy (non-hydrogen) atoms. The van der Waals surface area contributed by atoms with Crippen LogP contribution < -0.4 is 0 Å². The van der Waals surface area contributed by atoms with Crippen LogP contribution in [0.2, 0.25) is 0 Å². The largest absolute Gasteiger partial charge is 0.390 e. The first kappa shape index (κ1) is 11.1. The predicted octanol–water partition coefficient (Wildman–Crippen LogP) is 1.60. The Labute approximate surface area is 109 Å². The Hall–Kier alpha value is -1.72. The molecule has 1 unspecified atom stereocenters. The van der Waals surface area contributed by atoms with Crippen LogP contribution in [0.5, 0.6) is 0 Å². The molecule has 3 heterocycles. The first-order valence-electron chi connectivity index (χ1n) is 6.33. The third kappa shape index (κ3) is 1.49. The molecule has 0 bridgehead atoms. The van der Waals surface area contributed by atoms with Gasteiger partial charge in [-0.15, -0.1) is 0 Å². The summed E-state index contributed by atoms with van der Waals surface area (Å²) in [6.45, 7) is 0.877. The van der Waals surface area contributed by atoms with Crippen LogP contribution >= 0.6 is 0 Å². The number of ether oxygens (including phenoxy) is 1. The molecule has 1 fully saturated rings. The Kier molecular flexibility index (Phi) is 2.28. The van der Waals surface area contributed by atoms with Gasteiger partial charge in [-0.05, 0) is 17.7 Å². The summed E-state index contributed by atoms with van der Waals surface area (Å²) in [6.07, 6.45) is 2.99. The smallest absolute Gasteiger partial charge is 0.123 e. The van der Waals surface area contributed by atoms with E-state index >= 15 is 0 Å².